The quantitative estimate of drug-likeness (QED) is 0.392. The Morgan fingerprint density at radius 2 is 1.57 bits per heavy atom. The minimum absolute atomic E-state index is 0.0718. The number of rotatable bonds is 11. The summed E-state index contributed by atoms with van der Waals surface area (Å²) in [6.45, 7) is 4.78. The van der Waals surface area contributed by atoms with Crippen molar-refractivity contribution in [2.75, 3.05) is 34.5 Å². The molecule has 11 heteroatoms. The van der Waals surface area contributed by atoms with Crippen LogP contribution in [-0.2, 0) is 58.8 Å². The second kappa shape index (κ2) is 14.1. The van der Waals surface area contributed by atoms with E-state index in [9.17, 15) is 9.59 Å². The van der Waals surface area contributed by atoms with E-state index in [1.807, 2.05) is 37.3 Å². The fraction of sp³-hybridized carbons (Fsp3) is 0.692. The molecule has 0 bridgehead atoms. The fourth-order valence-corrected chi connectivity index (χ4v) is 4.76. The van der Waals surface area contributed by atoms with Crippen molar-refractivity contribution in [3.05, 3.63) is 35.9 Å². The topological polar surface area (TPSA) is 117 Å². The number of carbonyl (C=O) groups excluding carboxylic acids is 2. The van der Waals surface area contributed by atoms with Crippen molar-refractivity contribution in [3.8, 4) is 0 Å². The summed E-state index contributed by atoms with van der Waals surface area (Å²) in [7, 11) is 4.71. The molecule has 0 radical (unpaired) electrons. The molecule has 5 unspecified atom stereocenters. The van der Waals surface area contributed by atoms with E-state index in [2.05, 4.69) is 0 Å². The molecule has 11 nitrogen and oxygen atoms in total. The molecule has 0 saturated carbocycles. The van der Waals surface area contributed by atoms with Crippen molar-refractivity contribution in [1.82, 2.24) is 0 Å². The van der Waals surface area contributed by atoms with E-state index < -0.39 is 61.0 Å². The van der Waals surface area contributed by atoms with Crippen LogP contribution in [0.2, 0.25) is 0 Å². The summed E-state index contributed by atoms with van der Waals surface area (Å²) in [5.41, 5.74) is 0.888. The van der Waals surface area contributed by atoms with Gasteiger partial charge in [0.25, 0.3) is 0 Å². The van der Waals surface area contributed by atoms with Gasteiger partial charge in [-0.3, -0.25) is 9.59 Å². The molecule has 2 heterocycles. The minimum Gasteiger partial charge on any atom is -0.456 e. The summed E-state index contributed by atoms with van der Waals surface area (Å²) in [4.78, 5) is 23.8. The summed E-state index contributed by atoms with van der Waals surface area (Å²) in [5, 5.41) is 0. The van der Waals surface area contributed by atoms with Gasteiger partial charge in [0.05, 0.1) is 25.9 Å². The lowest BCUT2D eigenvalue weighted by Crippen LogP contribution is -2.64. The summed E-state index contributed by atoms with van der Waals surface area (Å²) < 4.78 is 52.7. The van der Waals surface area contributed by atoms with Crippen LogP contribution in [0.15, 0.2) is 30.3 Å². The second-order valence-electron chi connectivity index (χ2n) is 9.02. The van der Waals surface area contributed by atoms with E-state index in [-0.39, 0.29) is 25.9 Å². The maximum atomic E-state index is 12.0. The zero-order valence-corrected chi connectivity index (χ0v) is 22.2. The summed E-state index contributed by atoms with van der Waals surface area (Å²) in [6.07, 6.45) is -6.24. The average molecular weight is 527 g/mol. The normalized spacial score (nSPS) is 34.1. The standard InChI is InChI=1S/C26H38O11/c1-15-21(30-5)24(31-6)22(19(34-15)13-29-4)37-26-25(32-12-18-10-8-7-9-11-18)23(36-17(3)28)20(14-33-26)35-16(2)27/h7-11,15,19-26H,12-14H2,1-6H3/t15-,19?,20-,21?,22-,23?,24?,25?,26+/m1/s1. The van der Waals surface area contributed by atoms with Crippen LogP contribution in [0.25, 0.3) is 0 Å². The number of benzene rings is 1. The lowest BCUT2D eigenvalue weighted by Gasteiger charge is -2.47. The van der Waals surface area contributed by atoms with Gasteiger partial charge in [-0.2, -0.15) is 0 Å². The second-order valence-corrected chi connectivity index (χ2v) is 9.02. The van der Waals surface area contributed by atoms with Gasteiger partial charge in [0.2, 0.25) is 0 Å². The third kappa shape index (κ3) is 7.70. The van der Waals surface area contributed by atoms with E-state index in [4.69, 9.17) is 42.6 Å². The molecule has 2 aliphatic rings. The van der Waals surface area contributed by atoms with Gasteiger partial charge < -0.3 is 42.6 Å². The number of esters is 2. The van der Waals surface area contributed by atoms with E-state index in [1.54, 1.807) is 21.3 Å². The van der Waals surface area contributed by atoms with Crippen LogP contribution >= 0.6 is 0 Å². The molecular formula is C26H38O11. The Kier molecular flexibility index (Phi) is 11.3. The van der Waals surface area contributed by atoms with Gasteiger partial charge in [0, 0.05) is 35.2 Å². The molecule has 0 aromatic heterocycles. The van der Waals surface area contributed by atoms with E-state index in [1.165, 1.54) is 13.8 Å². The molecule has 1 aromatic carbocycles. The molecule has 2 fully saturated rings. The molecule has 9 atom stereocenters. The van der Waals surface area contributed by atoms with Gasteiger partial charge in [-0.15, -0.1) is 0 Å². The first kappa shape index (κ1) is 29.4. The smallest absolute Gasteiger partial charge is 0.303 e. The minimum atomic E-state index is -1.02. The van der Waals surface area contributed by atoms with E-state index in [0.717, 1.165) is 5.56 Å². The number of carbonyl (C=O) groups is 2. The summed E-state index contributed by atoms with van der Waals surface area (Å²) in [5.74, 6) is -1.10. The largest absolute Gasteiger partial charge is 0.456 e. The van der Waals surface area contributed by atoms with Crippen molar-refractivity contribution in [2.45, 2.75) is 82.5 Å². The maximum Gasteiger partial charge on any atom is 0.303 e. The molecule has 3 rings (SSSR count). The SMILES string of the molecule is COCC1O[C@H](C)C(OC)C(OC)[C@@H]1O[C@@H]1OC[C@@H](OC(C)=O)C(OC(C)=O)C1OCc1ccccc1. The average Bonchev–Trinajstić information content (AvgIpc) is 2.86. The molecule has 0 spiro atoms. The first-order chi connectivity index (χ1) is 17.8. The van der Waals surface area contributed by atoms with Crippen LogP contribution in [0.3, 0.4) is 0 Å². The predicted molar refractivity (Wildman–Crippen MR) is 129 cm³/mol. The van der Waals surface area contributed by atoms with Crippen LogP contribution in [0.4, 0.5) is 0 Å². The zero-order chi connectivity index (χ0) is 26.9. The van der Waals surface area contributed by atoms with Gasteiger partial charge in [0.15, 0.2) is 18.5 Å². The highest BCUT2D eigenvalue weighted by Crippen LogP contribution is 2.32. The number of methoxy groups -OCH3 is 3. The lowest BCUT2D eigenvalue weighted by molar-refractivity contribution is -0.334. The molecule has 1 aromatic rings. The monoisotopic (exact) mass is 526 g/mol. The Morgan fingerprint density at radius 1 is 0.892 bits per heavy atom. The van der Waals surface area contributed by atoms with Gasteiger partial charge in [-0.05, 0) is 12.5 Å². The lowest BCUT2D eigenvalue weighted by atomic mass is 9.94. The van der Waals surface area contributed by atoms with Crippen molar-refractivity contribution in [3.63, 3.8) is 0 Å². The maximum absolute atomic E-state index is 12.0. The summed E-state index contributed by atoms with van der Waals surface area (Å²) in [6, 6.07) is 9.48. The van der Waals surface area contributed by atoms with Crippen LogP contribution in [0, 0.1) is 0 Å². The van der Waals surface area contributed by atoms with E-state index in [0.29, 0.717) is 0 Å². The van der Waals surface area contributed by atoms with Crippen LogP contribution in [0.5, 0.6) is 0 Å². The van der Waals surface area contributed by atoms with Crippen molar-refractivity contribution >= 4 is 11.9 Å². The van der Waals surface area contributed by atoms with Crippen LogP contribution in [-0.4, -0.2) is 102 Å². The number of hydrogen-bond donors (Lipinski definition) is 0. The molecule has 0 amide bonds. The van der Waals surface area contributed by atoms with E-state index >= 15 is 0 Å². The molecule has 2 aliphatic heterocycles. The Balaban J connectivity index is 1.91. The third-order valence-corrected chi connectivity index (χ3v) is 6.32. The Hall–Kier alpha value is -2.12. The van der Waals surface area contributed by atoms with Crippen LogP contribution in [0.1, 0.15) is 26.3 Å². The predicted octanol–water partition coefficient (Wildman–Crippen LogP) is 1.64. The van der Waals surface area contributed by atoms with Crippen molar-refractivity contribution in [2.24, 2.45) is 0 Å². The highest BCUT2D eigenvalue weighted by molar-refractivity contribution is 5.67. The first-order valence-electron chi connectivity index (χ1n) is 12.3. The number of hydrogen-bond acceptors (Lipinski definition) is 11. The van der Waals surface area contributed by atoms with Crippen molar-refractivity contribution < 1.29 is 52.2 Å². The van der Waals surface area contributed by atoms with Gasteiger partial charge >= 0.3 is 11.9 Å². The molecule has 0 aliphatic carbocycles. The molecule has 0 N–H and O–H groups in total. The highest BCUT2D eigenvalue weighted by Gasteiger charge is 2.51. The van der Waals surface area contributed by atoms with Gasteiger partial charge in [-0.25, -0.2) is 0 Å². The van der Waals surface area contributed by atoms with Gasteiger partial charge in [-0.1, -0.05) is 30.3 Å². The zero-order valence-electron chi connectivity index (χ0n) is 22.2. The number of ether oxygens (including phenoxy) is 9. The molecular weight excluding hydrogens is 488 g/mol. The van der Waals surface area contributed by atoms with Gasteiger partial charge in [0.1, 0.15) is 30.5 Å². The highest BCUT2D eigenvalue weighted by atomic mass is 16.7. The van der Waals surface area contributed by atoms with Crippen molar-refractivity contribution in [1.29, 1.82) is 0 Å². The van der Waals surface area contributed by atoms with Crippen LogP contribution < -0.4 is 0 Å². The summed E-state index contributed by atoms with van der Waals surface area (Å²) >= 11 is 0. The fourth-order valence-electron chi connectivity index (χ4n) is 4.76. The molecule has 208 valence electrons. The molecule has 2 saturated heterocycles. The third-order valence-electron chi connectivity index (χ3n) is 6.32. The first-order valence-corrected chi connectivity index (χ1v) is 12.3. The Morgan fingerprint density at radius 3 is 2.16 bits per heavy atom. The Bertz CT molecular complexity index is 850. The molecule has 37 heavy (non-hydrogen) atoms. The Labute approximate surface area is 217 Å².